The maximum atomic E-state index is 8.68. The van der Waals surface area contributed by atoms with Crippen molar-refractivity contribution in [3.8, 4) is 0 Å². The molecule has 3 aromatic carbocycles. The summed E-state index contributed by atoms with van der Waals surface area (Å²) < 4.78 is 0. The minimum Gasteiger partial charge on any atom is -0.383 e. The molecule has 2 aliphatic heterocycles. The van der Waals surface area contributed by atoms with E-state index in [9.17, 15) is 0 Å². The number of rotatable bonds is 0. The molecular formula is C22H16N6. The van der Waals surface area contributed by atoms with Gasteiger partial charge in [0.1, 0.15) is 0 Å². The van der Waals surface area contributed by atoms with Gasteiger partial charge in [0.05, 0.1) is 5.71 Å². The van der Waals surface area contributed by atoms with E-state index in [1.807, 2.05) is 6.20 Å². The zero-order chi connectivity index (χ0) is 18.8. The molecule has 134 valence electrons. The van der Waals surface area contributed by atoms with Gasteiger partial charge in [0, 0.05) is 12.1 Å². The fourth-order valence-electron chi connectivity index (χ4n) is 4.31. The molecule has 6 rings (SSSR count). The maximum absolute atomic E-state index is 8.68. The standard InChI is InChI=1S/C22H16N6/c23-20-19-10-17-8-15-6-13-4-2-1-3-12(13)5-14(15)7-16(17)9-18(19)11-28-21(20)22(24)25-26-27-28/h1-11,19,21,23H,(H2,24,25,27). The van der Waals surface area contributed by atoms with Gasteiger partial charge in [-0.15, -0.1) is 5.10 Å². The Morgan fingerprint density at radius 2 is 1.64 bits per heavy atom. The summed E-state index contributed by atoms with van der Waals surface area (Å²) >= 11 is 0. The van der Waals surface area contributed by atoms with E-state index >= 15 is 0 Å². The summed E-state index contributed by atoms with van der Waals surface area (Å²) in [5.41, 5.74) is 7.47. The van der Waals surface area contributed by atoms with Crippen LogP contribution in [0.25, 0.3) is 33.7 Å². The summed E-state index contributed by atoms with van der Waals surface area (Å²) in [5.74, 6) is 0.174. The molecule has 1 aliphatic carbocycles. The number of hydrogen-bond donors (Lipinski definition) is 2. The average molecular weight is 364 g/mol. The topological polar surface area (TPSA) is 90.2 Å². The molecule has 0 bridgehead atoms. The first kappa shape index (κ1) is 15.3. The maximum Gasteiger partial charge on any atom is 0.155 e. The van der Waals surface area contributed by atoms with E-state index < -0.39 is 6.04 Å². The lowest BCUT2D eigenvalue weighted by molar-refractivity contribution is 0.349. The van der Waals surface area contributed by atoms with Crippen LogP contribution in [0.4, 0.5) is 0 Å². The van der Waals surface area contributed by atoms with Crippen molar-refractivity contribution in [2.24, 2.45) is 27.2 Å². The Bertz CT molecular complexity index is 1410. The monoisotopic (exact) mass is 364 g/mol. The molecule has 0 saturated heterocycles. The second kappa shape index (κ2) is 5.36. The average Bonchev–Trinajstić information content (AvgIpc) is 2.69. The Labute approximate surface area is 160 Å². The molecule has 28 heavy (non-hydrogen) atoms. The Morgan fingerprint density at radius 1 is 0.929 bits per heavy atom. The summed E-state index contributed by atoms with van der Waals surface area (Å²) in [4.78, 5) is 0. The van der Waals surface area contributed by atoms with Crippen LogP contribution in [0.3, 0.4) is 0 Å². The van der Waals surface area contributed by atoms with Crippen molar-refractivity contribution in [2.45, 2.75) is 6.04 Å². The van der Waals surface area contributed by atoms with Gasteiger partial charge in [-0.25, -0.2) is 5.01 Å². The van der Waals surface area contributed by atoms with Crippen LogP contribution in [0, 0.1) is 11.3 Å². The normalized spacial score (nSPS) is 22.6. The molecule has 0 aromatic heterocycles. The van der Waals surface area contributed by atoms with E-state index in [1.165, 1.54) is 21.5 Å². The molecule has 3 aliphatic rings. The summed E-state index contributed by atoms with van der Waals surface area (Å²) in [6.07, 6.45) is 6.20. The van der Waals surface area contributed by atoms with Crippen molar-refractivity contribution < 1.29 is 0 Å². The third-order valence-electron chi connectivity index (χ3n) is 5.69. The molecule has 2 unspecified atom stereocenters. The van der Waals surface area contributed by atoms with Crippen molar-refractivity contribution in [3.63, 3.8) is 0 Å². The second-order valence-electron chi connectivity index (χ2n) is 7.39. The second-order valence-corrected chi connectivity index (χ2v) is 7.39. The fraction of sp³-hybridized carbons (Fsp3) is 0.0909. The number of nitrogens with two attached hydrogens (primary N) is 1. The molecule has 0 spiro atoms. The van der Waals surface area contributed by atoms with E-state index in [4.69, 9.17) is 11.1 Å². The molecule has 6 heteroatoms. The van der Waals surface area contributed by atoms with Gasteiger partial charge in [-0.1, -0.05) is 30.3 Å². The van der Waals surface area contributed by atoms with Crippen LogP contribution < -0.4 is 16.2 Å². The van der Waals surface area contributed by atoms with Gasteiger partial charge in [0.2, 0.25) is 0 Å². The van der Waals surface area contributed by atoms with E-state index in [0.29, 0.717) is 11.5 Å². The summed E-state index contributed by atoms with van der Waals surface area (Å²) in [7, 11) is 0. The third-order valence-corrected chi connectivity index (χ3v) is 5.69. The molecule has 3 aromatic rings. The molecule has 0 amide bonds. The van der Waals surface area contributed by atoms with Crippen LogP contribution in [0.1, 0.15) is 0 Å². The lowest BCUT2D eigenvalue weighted by Gasteiger charge is -2.35. The minimum atomic E-state index is -0.457. The molecule has 3 N–H and O–H groups in total. The third kappa shape index (κ3) is 2.08. The van der Waals surface area contributed by atoms with Crippen molar-refractivity contribution in [1.29, 1.82) is 5.41 Å². The summed E-state index contributed by atoms with van der Waals surface area (Å²) in [5, 5.41) is 29.0. The van der Waals surface area contributed by atoms with Crippen LogP contribution in [0.5, 0.6) is 0 Å². The number of hydrogen-bond acceptors (Lipinski definition) is 6. The first-order valence-corrected chi connectivity index (χ1v) is 9.16. The van der Waals surface area contributed by atoms with Gasteiger partial charge in [0.15, 0.2) is 11.9 Å². The highest BCUT2D eigenvalue weighted by molar-refractivity contribution is 6.14. The van der Waals surface area contributed by atoms with Gasteiger partial charge in [-0.2, -0.15) is 0 Å². The highest BCUT2D eigenvalue weighted by Crippen LogP contribution is 2.30. The van der Waals surface area contributed by atoms with Gasteiger partial charge in [-0.05, 0) is 78.3 Å². The van der Waals surface area contributed by atoms with Crippen LogP contribution >= 0.6 is 0 Å². The number of amidine groups is 1. The van der Waals surface area contributed by atoms with Crippen molar-refractivity contribution in [3.05, 3.63) is 70.7 Å². The molecular weight excluding hydrogens is 348 g/mol. The Morgan fingerprint density at radius 3 is 2.39 bits per heavy atom. The van der Waals surface area contributed by atoms with Crippen molar-refractivity contribution >= 4 is 45.2 Å². The Hall–Kier alpha value is -3.80. The predicted octanol–water partition coefficient (Wildman–Crippen LogP) is 2.42. The van der Waals surface area contributed by atoms with Crippen LogP contribution in [-0.4, -0.2) is 22.6 Å². The fourth-order valence-corrected chi connectivity index (χ4v) is 4.31. The van der Waals surface area contributed by atoms with Gasteiger partial charge < -0.3 is 11.1 Å². The molecule has 0 fully saturated rings. The van der Waals surface area contributed by atoms with E-state index in [0.717, 1.165) is 16.0 Å². The summed E-state index contributed by atoms with van der Waals surface area (Å²) in [6.45, 7) is 0. The summed E-state index contributed by atoms with van der Waals surface area (Å²) in [6, 6.07) is 16.8. The molecule has 0 saturated carbocycles. The number of fused-ring (bicyclic) bond motifs is 5. The van der Waals surface area contributed by atoms with Crippen LogP contribution in [0.2, 0.25) is 0 Å². The first-order valence-electron chi connectivity index (χ1n) is 9.16. The smallest absolute Gasteiger partial charge is 0.155 e. The minimum absolute atomic E-state index is 0.131. The molecule has 6 nitrogen and oxygen atoms in total. The highest BCUT2D eigenvalue weighted by atomic mass is 15.6. The van der Waals surface area contributed by atoms with E-state index in [-0.39, 0.29) is 5.92 Å². The lowest BCUT2D eigenvalue weighted by Crippen LogP contribution is -2.52. The quantitative estimate of drug-likeness (QED) is 0.600. The van der Waals surface area contributed by atoms with E-state index in [1.54, 1.807) is 5.01 Å². The Kier molecular flexibility index (Phi) is 2.92. The number of nitrogens with zero attached hydrogens (tertiary/aromatic N) is 4. The number of nitrogens with one attached hydrogen (secondary N) is 1. The molecule has 0 radical (unpaired) electrons. The largest absolute Gasteiger partial charge is 0.383 e. The predicted molar refractivity (Wildman–Crippen MR) is 111 cm³/mol. The van der Waals surface area contributed by atoms with Crippen LogP contribution in [0.15, 0.2) is 75.9 Å². The van der Waals surface area contributed by atoms with Gasteiger partial charge in [-0.3, -0.25) is 0 Å². The van der Waals surface area contributed by atoms with E-state index in [2.05, 4.69) is 76.2 Å². The first-order chi connectivity index (χ1) is 13.7. The van der Waals surface area contributed by atoms with Gasteiger partial charge >= 0.3 is 0 Å². The zero-order valence-electron chi connectivity index (χ0n) is 14.9. The number of allylic oxidation sites excluding steroid dienone is 1. The van der Waals surface area contributed by atoms with Gasteiger partial charge in [0.25, 0.3) is 0 Å². The Balaban J connectivity index is 1.59. The van der Waals surface area contributed by atoms with Crippen molar-refractivity contribution in [1.82, 2.24) is 5.01 Å². The number of benzene rings is 3. The van der Waals surface area contributed by atoms with Crippen molar-refractivity contribution in [2.75, 3.05) is 0 Å². The van der Waals surface area contributed by atoms with Crippen LogP contribution in [-0.2, 0) is 0 Å². The highest BCUT2D eigenvalue weighted by Gasteiger charge is 2.37. The molecule has 2 atom stereocenters. The molecule has 2 heterocycles. The zero-order valence-corrected chi connectivity index (χ0v) is 14.9. The SMILES string of the molecule is N=C1C2C=c3cc4cc5ccccc5cc4cc3=CC2=CN2N=NN=C(N)C12. The lowest BCUT2D eigenvalue weighted by atomic mass is 9.82.